The number of piperidine rings is 1. The van der Waals surface area contributed by atoms with Gasteiger partial charge in [0.25, 0.3) is 5.91 Å². The number of hydrogen-bond donors (Lipinski definition) is 1. The Bertz CT molecular complexity index is 856. The molecule has 1 aromatic carbocycles. The molecule has 1 fully saturated rings. The van der Waals surface area contributed by atoms with Gasteiger partial charge in [-0.2, -0.15) is 18.3 Å². The lowest BCUT2D eigenvalue weighted by atomic mass is 9.97. The summed E-state index contributed by atoms with van der Waals surface area (Å²) in [7, 11) is 0. The summed E-state index contributed by atoms with van der Waals surface area (Å²) in [4.78, 5) is 14.3. The highest BCUT2D eigenvalue weighted by atomic mass is 19.4. The van der Waals surface area contributed by atoms with Crippen molar-refractivity contribution in [1.82, 2.24) is 14.7 Å². The van der Waals surface area contributed by atoms with E-state index in [1.165, 1.54) is 30.3 Å². The third kappa shape index (κ3) is 3.57. The van der Waals surface area contributed by atoms with E-state index in [1.807, 2.05) is 0 Å². The summed E-state index contributed by atoms with van der Waals surface area (Å²) in [6.07, 6.45) is -2.00. The molecule has 0 saturated carbocycles. The molecule has 5 nitrogen and oxygen atoms in total. The number of halogens is 4. The van der Waals surface area contributed by atoms with E-state index in [9.17, 15) is 22.4 Å². The molecule has 1 N–H and O–H groups in total. The normalized spacial score (nSPS) is 22.5. The van der Waals surface area contributed by atoms with Crippen molar-refractivity contribution in [2.75, 3.05) is 18.4 Å². The largest absolute Gasteiger partial charge is 0.410 e. The van der Waals surface area contributed by atoms with Crippen molar-refractivity contribution < 1.29 is 22.4 Å². The third-order valence-corrected chi connectivity index (χ3v) is 5.32. The molecule has 2 aliphatic heterocycles. The smallest absolute Gasteiger partial charge is 0.363 e. The zero-order chi connectivity index (χ0) is 19.9. The Labute approximate surface area is 159 Å². The molecule has 1 amide bonds. The van der Waals surface area contributed by atoms with Crippen LogP contribution in [-0.2, 0) is 0 Å². The minimum absolute atomic E-state index is 0.0124. The van der Waals surface area contributed by atoms with Crippen LogP contribution in [-0.4, -0.2) is 39.9 Å². The molecule has 0 bridgehead atoms. The second kappa shape index (κ2) is 7.10. The van der Waals surface area contributed by atoms with E-state index < -0.39 is 24.1 Å². The van der Waals surface area contributed by atoms with E-state index in [0.717, 1.165) is 23.9 Å². The SMILES string of the molecule is O=C(c1cc2n(n1)[C@H](C(F)(F)F)C[C@H](c1ccc(F)cc1)N2)N1CCCCC1. The summed E-state index contributed by atoms with van der Waals surface area (Å²) in [5.41, 5.74) is 0.561. The van der Waals surface area contributed by atoms with E-state index in [2.05, 4.69) is 10.4 Å². The molecule has 28 heavy (non-hydrogen) atoms. The second-order valence-electron chi connectivity index (χ2n) is 7.25. The molecule has 2 aliphatic rings. The zero-order valence-corrected chi connectivity index (χ0v) is 15.0. The first-order chi connectivity index (χ1) is 13.3. The Morgan fingerprint density at radius 2 is 1.79 bits per heavy atom. The van der Waals surface area contributed by atoms with Crippen LogP contribution < -0.4 is 5.32 Å². The molecule has 0 radical (unpaired) electrons. The number of aromatic nitrogens is 2. The molecule has 3 heterocycles. The number of carbonyl (C=O) groups is 1. The van der Waals surface area contributed by atoms with Gasteiger partial charge in [0.2, 0.25) is 0 Å². The number of benzene rings is 1. The van der Waals surface area contributed by atoms with E-state index in [4.69, 9.17) is 0 Å². The Hall–Kier alpha value is -2.58. The van der Waals surface area contributed by atoms with Crippen molar-refractivity contribution >= 4 is 11.7 Å². The molecule has 1 aromatic heterocycles. The van der Waals surface area contributed by atoms with Crippen molar-refractivity contribution in [1.29, 1.82) is 0 Å². The average molecular weight is 396 g/mol. The van der Waals surface area contributed by atoms with E-state index in [-0.39, 0.29) is 23.8 Å². The number of alkyl halides is 3. The van der Waals surface area contributed by atoms with Crippen molar-refractivity contribution in [2.24, 2.45) is 0 Å². The van der Waals surface area contributed by atoms with Crippen LogP contribution in [0.4, 0.5) is 23.4 Å². The topological polar surface area (TPSA) is 50.2 Å². The molecular weight excluding hydrogens is 376 g/mol. The quantitative estimate of drug-likeness (QED) is 0.770. The summed E-state index contributed by atoms with van der Waals surface area (Å²) in [5, 5.41) is 7.02. The Morgan fingerprint density at radius 3 is 2.43 bits per heavy atom. The van der Waals surface area contributed by atoms with Crippen molar-refractivity contribution in [3.05, 3.63) is 47.4 Å². The Balaban J connectivity index is 1.65. The highest BCUT2D eigenvalue weighted by Crippen LogP contribution is 2.43. The van der Waals surface area contributed by atoms with Gasteiger partial charge in [0.15, 0.2) is 11.7 Å². The predicted octanol–water partition coefficient (Wildman–Crippen LogP) is 4.31. The van der Waals surface area contributed by atoms with Gasteiger partial charge < -0.3 is 10.2 Å². The number of hydrogen-bond acceptors (Lipinski definition) is 3. The van der Waals surface area contributed by atoms with Crippen LogP contribution >= 0.6 is 0 Å². The molecule has 0 aliphatic carbocycles. The van der Waals surface area contributed by atoms with Gasteiger partial charge in [-0.1, -0.05) is 12.1 Å². The maximum absolute atomic E-state index is 13.7. The highest BCUT2D eigenvalue weighted by Gasteiger charge is 2.47. The van der Waals surface area contributed by atoms with Gasteiger partial charge in [-0.05, 0) is 37.0 Å². The van der Waals surface area contributed by atoms with Gasteiger partial charge >= 0.3 is 6.18 Å². The maximum Gasteiger partial charge on any atom is 0.410 e. The van der Waals surface area contributed by atoms with Gasteiger partial charge in [0.1, 0.15) is 11.6 Å². The first-order valence-corrected chi connectivity index (χ1v) is 9.30. The summed E-state index contributed by atoms with van der Waals surface area (Å²) < 4.78 is 55.1. The lowest BCUT2D eigenvalue weighted by Gasteiger charge is -2.33. The molecule has 0 spiro atoms. The first kappa shape index (κ1) is 18.8. The van der Waals surface area contributed by atoms with Crippen LogP contribution in [0.15, 0.2) is 30.3 Å². The number of likely N-dealkylation sites (tertiary alicyclic amines) is 1. The van der Waals surface area contributed by atoms with Crippen molar-refractivity contribution in [2.45, 2.75) is 43.9 Å². The van der Waals surface area contributed by atoms with Crippen molar-refractivity contribution in [3.8, 4) is 0 Å². The van der Waals surface area contributed by atoms with Crippen LogP contribution in [0.2, 0.25) is 0 Å². The number of nitrogens with zero attached hydrogens (tertiary/aromatic N) is 3. The van der Waals surface area contributed by atoms with E-state index in [0.29, 0.717) is 18.7 Å². The lowest BCUT2D eigenvalue weighted by Crippen LogP contribution is -2.37. The summed E-state index contributed by atoms with van der Waals surface area (Å²) in [6.45, 7) is 1.19. The molecule has 9 heteroatoms. The second-order valence-corrected chi connectivity index (χ2v) is 7.25. The van der Waals surface area contributed by atoms with Crippen LogP contribution in [0, 0.1) is 5.82 Å². The molecular formula is C19H20F4N4O. The minimum Gasteiger partial charge on any atom is -0.363 e. The lowest BCUT2D eigenvalue weighted by molar-refractivity contribution is -0.173. The molecule has 150 valence electrons. The standard InChI is InChI=1S/C19H20F4N4O/c20-13-6-4-12(5-7-13)14-10-16(19(21,22)23)27-17(24-14)11-15(25-27)18(28)26-8-2-1-3-9-26/h4-7,11,14,16,24H,1-3,8-10H2/t14-,16+/m1/s1. The van der Waals surface area contributed by atoms with Gasteiger partial charge in [0, 0.05) is 25.6 Å². The molecule has 2 aromatic rings. The predicted molar refractivity (Wildman–Crippen MR) is 94.5 cm³/mol. The number of anilines is 1. The number of rotatable bonds is 2. The van der Waals surface area contributed by atoms with Gasteiger partial charge in [-0.15, -0.1) is 0 Å². The van der Waals surface area contributed by atoms with E-state index >= 15 is 0 Å². The zero-order valence-electron chi connectivity index (χ0n) is 15.0. The van der Waals surface area contributed by atoms with E-state index in [1.54, 1.807) is 4.90 Å². The third-order valence-electron chi connectivity index (χ3n) is 5.32. The first-order valence-electron chi connectivity index (χ1n) is 9.30. The highest BCUT2D eigenvalue weighted by molar-refractivity contribution is 5.93. The van der Waals surface area contributed by atoms with Gasteiger partial charge in [-0.25, -0.2) is 9.07 Å². The molecule has 4 rings (SSSR count). The summed E-state index contributed by atoms with van der Waals surface area (Å²) in [6, 6.07) is 4.23. The van der Waals surface area contributed by atoms with Crippen LogP contribution in [0.5, 0.6) is 0 Å². The number of fused-ring (bicyclic) bond motifs is 1. The van der Waals surface area contributed by atoms with Crippen LogP contribution in [0.1, 0.15) is 53.8 Å². The number of amides is 1. The number of carbonyl (C=O) groups excluding carboxylic acids is 1. The maximum atomic E-state index is 13.7. The molecule has 0 unspecified atom stereocenters. The van der Waals surface area contributed by atoms with Crippen LogP contribution in [0.25, 0.3) is 0 Å². The Morgan fingerprint density at radius 1 is 1.11 bits per heavy atom. The number of nitrogens with one attached hydrogen (secondary N) is 1. The molecule has 1 saturated heterocycles. The van der Waals surface area contributed by atoms with Gasteiger partial charge in [0.05, 0.1) is 6.04 Å². The fraction of sp³-hybridized carbons (Fsp3) is 0.474. The Kier molecular flexibility index (Phi) is 4.76. The monoisotopic (exact) mass is 396 g/mol. The van der Waals surface area contributed by atoms with Crippen molar-refractivity contribution in [3.63, 3.8) is 0 Å². The average Bonchev–Trinajstić information content (AvgIpc) is 3.11. The fourth-order valence-corrected chi connectivity index (χ4v) is 3.85. The molecule has 2 atom stereocenters. The summed E-state index contributed by atoms with van der Waals surface area (Å²) >= 11 is 0. The minimum atomic E-state index is -4.52. The summed E-state index contributed by atoms with van der Waals surface area (Å²) in [5.74, 6) is -0.655. The van der Waals surface area contributed by atoms with Crippen LogP contribution in [0.3, 0.4) is 0 Å². The van der Waals surface area contributed by atoms with Gasteiger partial charge in [-0.3, -0.25) is 4.79 Å². The fourth-order valence-electron chi connectivity index (χ4n) is 3.85.